The van der Waals surface area contributed by atoms with Crippen LogP contribution in [0.4, 0.5) is 0 Å². The Hall–Kier alpha value is -0.410. The van der Waals surface area contributed by atoms with Crippen LogP contribution in [-0.2, 0) is 0 Å². The zero-order chi connectivity index (χ0) is 9.97. The lowest BCUT2D eigenvalue weighted by Gasteiger charge is -2.30. The van der Waals surface area contributed by atoms with E-state index in [1.807, 2.05) is 11.6 Å². The third-order valence-corrected chi connectivity index (χ3v) is 4.10. The molecule has 78 valence electrons. The van der Waals surface area contributed by atoms with Crippen molar-refractivity contribution >= 4 is 11.3 Å². The van der Waals surface area contributed by atoms with Gasteiger partial charge in [-0.15, -0.1) is 11.3 Å². The topological polar surface area (TPSA) is 38.9 Å². The van der Waals surface area contributed by atoms with Gasteiger partial charge in [0.1, 0.15) is 5.01 Å². The SMILES string of the molecule is CC1CCCC(C(N)c2nccs2)C1. The van der Waals surface area contributed by atoms with Crippen LogP contribution < -0.4 is 5.73 Å². The fraction of sp³-hybridized carbons (Fsp3) is 0.727. The van der Waals surface area contributed by atoms with E-state index in [-0.39, 0.29) is 6.04 Å². The number of hydrogen-bond acceptors (Lipinski definition) is 3. The van der Waals surface area contributed by atoms with Crippen molar-refractivity contribution in [2.24, 2.45) is 17.6 Å². The minimum Gasteiger partial charge on any atom is -0.322 e. The maximum Gasteiger partial charge on any atom is 0.110 e. The summed E-state index contributed by atoms with van der Waals surface area (Å²) < 4.78 is 0. The van der Waals surface area contributed by atoms with Crippen molar-refractivity contribution in [3.63, 3.8) is 0 Å². The number of nitrogens with two attached hydrogens (primary N) is 1. The molecule has 14 heavy (non-hydrogen) atoms. The summed E-state index contributed by atoms with van der Waals surface area (Å²) in [5.41, 5.74) is 6.22. The van der Waals surface area contributed by atoms with E-state index in [1.165, 1.54) is 25.7 Å². The Morgan fingerprint density at radius 3 is 3.07 bits per heavy atom. The lowest BCUT2D eigenvalue weighted by molar-refractivity contribution is 0.247. The first kappa shape index (κ1) is 10.1. The first-order chi connectivity index (χ1) is 6.77. The van der Waals surface area contributed by atoms with E-state index in [4.69, 9.17) is 5.73 Å². The van der Waals surface area contributed by atoms with Crippen molar-refractivity contribution in [3.05, 3.63) is 16.6 Å². The molecule has 1 aromatic heterocycles. The molecule has 1 aromatic rings. The molecule has 3 unspecified atom stereocenters. The molecule has 1 heterocycles. The van der Waals surface area contributed by atoms with Gasteiger partial charge in [0.05, 0.1) is 6.04 Å². The van der Waals surface area contributed by atoms with Gasteiger partial charge in [-0.05, 0) is 24.7 Å². The summed E-state index contributed by atoms with van der Waals surface area (Å²) in [6, 6.07) is 0.178. The Bertz CT molecular complexity index is 271. The first-order valence-electron chi connectivity index (χ1n) is 5.42. The second-order valence-electron chi connectivity index (χ2n) is 4.43. The molecule has 2 rings (SSSR count). The highest BCUT2D eigenvalue weighted by atomic mass is 32.1. The highest BCUT2D eigenvalue weighted by molar-refractivity contribution is 7.09. The Morgan fingerprint density at radius 2 is 2.43 bits per heavy atom. The summed E-state index contributed by atoms with van der Waals surface area (Å²) in [7, 11) is 0. The Balaban J connectivity index is 2.00. The second kappa shape index (κ2) is 4.41. The van der Waals surface area contributed by atoms with Crippen LogP contribution in [0.2, 0.25) is 0 Å². The molecule has 0 spiro atoms. The lowest BCUT2D eigenvalue weighted by atomic mass is 9.79. The molecule has 0 bridgehead atoms. The van der Waals surface area contributed by atoms with E-state index in [0.717, 1.165) is 10.9 Å². The summed E-state index contributed by atoms with van der Waals surface area (Å²) in [4.78, 5) is 4.31. The molecule has 1 aliphatic rings. The van der Waals surface area contributed by atoms with Crippen molar-refractivity contribution in [1.82, 2.24) is 4.98 Å². The van der Waals surface area contributed by atoms with E-state index < -0.39 is 0 Å². The van der Waals surface area contributed by atoms with Crippen LogP contribution in [0.15, 0.2) is 11.6 Å². The van der Waals surface area contributed by atoms with Gasteiger partial charge in [-0.25, -0.2) is 4.98 Å². The third-order valence-electron chi connectivity index (χ3n) is 3.22. The fourth-order valence-corrected chi connectivity index (χ4v) is 3.14. The average molecular weight is 210 g/mol. The molecular formula is C11H18N2S. The van der Waals surface area contributed by atoms with Gasteiger partial charge >= 0.3 is 0 Å². The third kappa shape index (κ3) is 2.15. The summed E-state index contributed by atoms with van der Waals surface area (Å²) in [5, 5.41) is 3.13. The molecule has 0 saturated heterocycles. The summed E-state index contributed by atoms with van der Waals surface area (Å²) in [5.74, 6) is 1.50. The number of thiazole rings is 1. The van der Waals surface area contributed by atoms with Crippen molar-refractivity contribution in [3.8, 4) is 0 Å². The first-order valence-corrected chi connectivity index (χ1v) is 6.30. The standard InChI is InChI=1S/C11H18N2S/c1-8-3-2-4-9(7-8)10(12)11-13-5-6-14-11/h5-6,8-10H,2-4,7,12H2,1H3. The Labute approximate surface area is 89.5 Å². The molecule has 1 saturated carbocycles. The van der Waals surface area contributed by atoms with Gasteiger partial charge in [-0.2, -0.15) is 0 Å². The van der Waals surface area contributed by atoms with Crippen molar-refractivity contribution < 1.29 is 0 Å². The van der Waals surface area contributed by atoms with Gasteiger partial charge in [0.2, 0.25) is 0 Å². The minimum atomic E-state index is 0.178. The van der Waals surface area contributed by atoms with Gasteiger partial charge in [0.25, 0.3) is 0 Å². The predicted molar refractivity (Wildman–Crippen MR) is 60.2 cm³/mol. The maximum absolute atomic E-state index is 6.22. The van der Waals surface area contributed by atoms with Gasteiger partial charge in [0.15, 0.2) is 0 Å². The van der Waals surface area contributed by atoms with Gasteiger partial charge in [0, 0.05) is 11.6 Å². The molecule has 1 fully saturated rings. The van der Waals surface area contributed by atoms with Gasteiger partial charge < -0.3 is 5.73 Å². The number of hydrogen-bond donors (Lipinski definition) is 1. The van der Waals surface area contributed by atoms with Crippen LogP contribution in [-0.4, -0.2) is 4.98 Å². The zero-order valence-electron chi connectivity index (χ0n) is 8.65. The molecule has 1 aliphatic carbocycles. The van der Waals surface area contributed by atoms with Gasteiger partial charge in [-0.3, -0.25) is 0 Å². The molecule has 2 N–H and O–H groups in total. The van der Waals surface area contributed by atoms with Crippen LogP contribution in [0.25, 0.3) is 0 Å². The quantitative estimate of drug-likeness (QED) is 0.815. The molecular weight excluding hydrogens is 192 g/mol. The highest BCUT2D eigenvalue weighted by Crippen LogP contribution is 2.36. The molecule has 3 heteroatoms. The lowest BCUT2D eigenvalue weighted by Crippen LogP contribution is -2.26. The van der Waals surface area contributed by atoms with Crippen LogP contribution in [0, 0.1) is 11.8 Å². The van der Waals surface area contributed by atoms with Crippen molar-refractivity contribution in [2.45, 2.75) is 38.6 Å². The van der Waals surface area contributed by atoms with E-state index in [9.17, 15) is 0 Å². The van der Waals surface area contributed by atoms with E-state index in [1.54, 1.807) is 11.3 Å². The van der Waals surface area contributed by atoms with Gasteiger partial charge in [-0.1, -0.05) is 19.8 Å². The van der Waals surface area contributed by atoms with Crippen molar-refractivity contribution in [2.75, 3.05) is 0 Å². The van der Waals surface area contributed by atoms with Crippen LogP contribution in [0.3, 0.4) is 0 Å². The number of nitrogens with zero attached hydrogens (tertiary/aromatic N) is 1. The Kier molecular flexibility index (Phi) is 3.19. The number of aromatic nitrogens is 1. The van der Waals surface area contributed by atoms with Crippen LogP contribution >= 0.6 is 11.3 Å². The normalized spacial score (nSPS) is 30.1. The second-order valence-corrected chi connectivity index (χ2v) is 5.35. The smallest absolute Gasteiger partial charge is 0.110 e. The molecule has 2 nitrogen and oxygen atoms in total. The van der Waals surface area contributed by atoms with Crippen molar-refractivity contribution in [1.29, 1.82) is 0 Å². The van der Waals surface area contributed by atoms with Crippen LogP contribution in [0.5, 0.6) is 0 Å². The Morgan fingerprint density at radius 1 is 1.57 bits per heavy atom. The molecule has 0 amide bonds. The molecule has 0 radical (unpaired) electrons. The summed E-state index contributed by atoms with van der Waals surface area (Å²) in [6.07, 6.45) is 7.13. The van der Waals surface area contributed by atoms with E-state index >= 15 is 0 Å². The average Bonchev–Trinajstić information content (AvgIpc) is 2.69. The molecule has 3 atom stereocenters. The zero-order valence-corrected chi connectivity index (χ0v) is 9.46. The molecule has 0 aliphatic heterocycles. The van der Waals surface area contributed by atoms with E-state index in [2.05, 4.69) is 11.9 Å². The van der Waals surface area contributed by atoms with E-state index in [0.29, 0.717) is 5.92 Å². The maximum atomic E-state index is 6.22. The largest absolute Gasteiger partial charge is 0.322 e. The number of rotatable bonds is 2. The van der Waals surface area contributed by atoms with Crippen LogP contribution in [0.1, 0.15) is 43.7 Å². The molecule has 0 aromatic carbocycles. The minimum absolute atomic E-state index is 0.178. The predicted octanol–water partition coefficient (Wildman–Crippen LogP) is 2.97. The monoisotopic (exact) mass is 210 g/mol. The summed E-state index contributed by atoms with van der Waals surface area (Å²) >= 11 is 1.69. The fourth-order valence-electron chi connectivity index (χ4n) is 2.41. The summed E-state index contributed by atoms with van der Waals surface area (Å²) in [6.45, 7) is 2.33. The highest BCUT2D eigenvalue weighted by Gasteiger charge is 2.26.